The number of nitrogens with one attached hydrogen (secondary N) is 2. The minimum atomic E-state index is -3.79. The Kier molecular flexibility index (Phi) is 4.05. The maximum Gasteiger partial charge on any atom is 0.229 e. The van der Waals surface area contributed by atoms with Crippen LogP contribution in [0.2, 0.25) is 0 Å². The highest BCUT2D eigenvalue weighted by atomic mass is 32.2. The van der Waals surface area contributed by atoms with Gasteiger partial charge in [-0.05, 0) is 32.0 Å². The Morgan fingerprint density at radius 1 is 1.23 bits per heavy atom. The average molecular weight is 344 g/mol. The zero-order valence-corrected chi connectivity index (χ0v) is 13.9. The zero-order chi connectivity index (χ0) is 16.7. The van der Waals surface area contributed by atoms with Gasteiger partial charge in [-0.2, -0.15) is 0 Å². The highest BCUT2D eigenvalue weighted by Gasteiger charge is 2.24. The number of sulfone groups is 1. The molecule has 0 spiro atoms. The number of anilines is 1. The van der Waals surface area contributed by atoms with Crippen LogP contribution in [0, 0.1) is 6.92 Å². The molecular weight excluding hydrogens is 328 g/mol. The van der Waals surface area contributed by atoms with Crippen LogP contribution in [0.15, 0.2) is 23.1 Å². The molecule has 120 valence electrons. The number of Topliss-reactive ketones (excluding diaryl/α,β-unsaturated/α-hetero) is 1. The third kappa shape index (κ3) is 3.47. The van der Waals surface area contributed by atoms with Crippen molar-refractivity contribution < 1.29 is 21.6 Å². The normalized spacial score (nSPS) is 12.5. The molecule has 0 amide bonds. The molecular formula is C13H16N2O5S2. The molecule has 0 aliphatic heterocycles. The fourth-order valence-electron chi connectivity index (χ4n) is 2.32. The molecule has 0 aliphatic carbocycles. The van der Waals surface area contributed by atoms with E-state index in [9.17, 15) is 21.6 Å². The van der Waals surface area contributed by atoms with Crippen LogP contribution in [0.1, 0.15) is 12.6 Å². The third-order valence-corrected chi connectivity index (χ3v) is 5.48. The second kappa shape index (κ2) is 5.40. The Labute approximate surface area is 128 Å². The molecule has 2 aromatic rings. The topological polar surface area (TPSA) is 113 Å². The number of aromatic amines is 1. The van der Waals surface area contributed by atoms with Gasteiger partial charge in [0.1, 0.15) is 11.5 Å². The molecule has 0 saturated carbocycles. The summed E-state index contributed by atoms with van der Waals surface area (Å²) in [4.78, 5) is 14.1. The van der Waals surface area contributed by atoms with E-state index in [0.717, 1.165) is 6.26 Å². The van der Waals surface area contributed by atoms with Gasteiger partial charge in [-0.15, -0.1) is 0 Å². The van der Waals surface area contributed by atoms with Crippen molar-refractivity contribution in [2.24, 2.45) is 0 Å². The number of rotatable bonds is 5. The summed E-state index contributed by atoms with van der Waals surface area (Å²) in [6.07, 6.45) is 1.01. The van der Waals surface area contributed by atoms with Crippen LogP contribution in [0.3, 0.4) is 0 Å². The monoisotopic (exact) mass is 344 g/mol. The van der Waals surface area contributed by atoms with Gasteiger partial charge in [0, 0.05) is 22.3 Å². The van der Waals surface area contributed by atoms with Crippen molar-refractivity contribution in [3.05, 3.63) is 23.9 Å². The lowest BCUT2D eigenvalue weighted by Crippen LogP contribution is -2.14. The molecule has 0 radical (unpaired) electrons. The van der Waals surface area contributed by atoms with Crippen LogP contribution in [-0.4, -0.2) is 39.6 Å². The Hall–Kier alpha value is -1.87. The van der Waals surface area contributed by atoms with E-state index in [1.165, 1.54) is 19.1 Å². The predicted octanol–water partition coefficient (Wildman–Crippen LogP) is 1.21. The highest BCUT2D eigenvalue weighted by molar-refractivity contribution is 7.92. The van der Waals surface area contributed by atoms with Crippen LogP contribution in [0.4, 0.5) is 5.69 Å². The van der Waals surface area contributed by atoms with Crippen molar-refractivity contribution in [1.29, 1.82) is 0 Å². The maximum atomic E-state index is 12.4. The Morgan fingerprint density at radius 2 is 1.86 bits per heavy atom. The number of sulfonamides is 1. The van der Waals surface area contributed by atoms with Gasteiger partial charge < -0.3 is 4.98 Å². The van der Waals surface area contributed by atoms with Crippen LogP contribution in [-0.2, 0) is 24.7 Å². The first-order chi connectivity index (χ1) is 9.99. The van der Waals surface area contributed by atoms with E-state index in [1.807, 2.05) is 0 Å². The van der Waals surface area contributed by atoms with Gasteiger partial charge >= 0.3 is 0 Å². The lowest BCUT2D eigenvalue weighted by atomic mass is 10.2. The van der Waals surface area contributed by atoms with Gasteiger partial charge in [0.05, 0.1) is 11.2 Å². The molecule has 0 aliphatic rings. The number of fused-ring (bicyclic) bond motifs is 1. The van der Waals surface area contributed by atoms with Crippen molar-refractivity contribution >= 4 is 42.2 Å². The number of carbonyl (C=O) groups is 1. The van der Waals surface area contributed by atoms with Gasteiger partial charge in [-0.3, -0.25) is 9.52 Å². The number of ketones is 1. The van der Waals surface area contributed by atoms with Gasteiger partial charge in [0.25, 0.3) is 0 Å². The largest absolute Gasteiger partial charge is 0.358 e. The predicted molar refractivity (Wildman–Crippen MR) is 84.2 cm³/mol. The van der Waals surface area contributed by atoms with Crippen LogP contribution in [0.5, 0.6) is 0 Å². The summed E-state index contributed by atoms with van der Waals surface area (Å²) in [6, 6.07) is 4.55. The SMILES string of the molecule is CC(=O)CS(=O)(=O)c1c(C)[nH]c2ccc(NS(C)(=O)=O)cc12. The van der Waals surface area contributed by atoms with E-state index in [4.69, 9.17) is 0 Å². The summed E-state index contributed by atoms with van der Waals surface area (Å²) in [5.74, 6) is -1.05. The fraction of sp³-hybridized carbons (Fsp3) is 0.308. The quantitative estimate of drug-likeness (QED) is 0.846. The molecule has 22 heavy (non-hydrogen) atoms. The first-order valence-electron chi connectivity index (χ1n) is 6.32. The molecule has 2 rings (SSSR count). The number of H-pyrrole nitrogens is 1. The standard InChI is InChI=1S/C13H16N2O5S2/c1-8(16)7-22(19,20)13-9(2)14-12-5-4-10(6-11(12)13)15-21(3,17)18/h4-6,14-15H,7H2,1-3H3. The minimum Gasteiger partial charge on any atom is -0.358 e. The fourth-order valence-corrected chi connectivity index (χ4v) is 4.58. The van der Waals surface area contributed by atoms with Crippen LogP contribution in [0.25, 0.3) is 10.9 Å². The summed E-state index contributed by atoms with van der Waals surface area (Å²) in [5, 5.41) is 0.354. The van der Waals surface area contributed by atoms with Crippen LogP contribution >= 0.6 is 0 Å². The number of hydrogen-bond donors (Lipinski definition) is 2. The average Bonchev–Trinajstić information content (AvgIpc) is 2.60. The maximum absolute atomic E-state index is 12.4. The van der Waals surface area contributed by atoms with E-state index in [1.54, 1.807) is 13.0 Å². The van der Waals surface area contributed by atoms with Gasteiger partial charge in [0.2, 0.25) is 10.0 Å². The number of carbonyl (C=O) groups excluding carboxylic acids is 1. The van der Waals surface area contributed by atoms with Crippen LogP contribution < -0.4 is 4.72 Å². The number of benzene rings is 1. The lowest BCUT2D eigenvalue weighted by molar-refractivity contribution is -0.114. The van der Waals surface area contributed by atoms with Crippen molar-refractivity contribution in [1.82, 2.24) is 4.98 Å². The molecule has 1 heterocycles. The molecule has 0 saturated heterocycles. The Morgan fingerprint density at radius 3 is 2.41 bits per heavy atom. The summed E-state index contributed by atoms with van der Waals surface area (Å²) in [5.41, 5.74) is 1.22. The highest BCUT2D eigenvalue weighted by Crippen LogP contribution is 2.30. The number of aryl methyl sites for hydroxylation is 1. The second-order valence-corrected chi connectivity index (χ2v) is 8.85. The van der Waals surface area contributed by atoms with Gasteiger partial charge in [-0.25, -0.2) is 16.8 Å². The van der Waals surface area contributed by atoms with E-state index < -0.39 is 31.4 Å². The zero-order valence-electron chi connectivity index (χ0n) is 12.3. The summed E-state index contributed by atoms with van der Waals surface area (Å²) in [7, 11) is -7.26. The first kappa shape index (κ1) is 16.5. The Balaban J connectivity index is 2.66. The number of hydrogen-bond acceptors (Lipinski definition) is 5. The smallest absolute Gasteiger partial charge is 0.229 e. The molecule has 7 nitrogen and oxygen atoms in total. The van der Waals surface area contributed by atoms with Crippen molar-refractivity contribution in [2.75, 3.05) is 16.7 Å². The minimum absolute atomic E-state index is 0.0230. The number of aromatic nitrogens is 1. The van der Waals surface area contributed by atoms with E-state index >= 15 is 0 Å². The summed E-state index contributed by atoms with van der Waals surface area (Å²) >= 11 is 0. The molecule has 0 unspecified atom stereocenters. The molecule has 2 N–H and O–H groups in total. The van der Waals surface area contributed by atoms with E-state index in [2.05, 4.69) is 9.71 Å². The first-order valence-corrected chi connectivity index (χ1v) is 9.86. The lowest BCUT2D eigenvalue weighted by Gasteiger charge is -2.05. The molecule has 0 bridgehead atoms. The van der Waals surface area contributed by atoms with Gasteiger partial charge in [0.15, 0.2) is 9.84 Å². The van der Waals surface area contributed by atoms with Gasteiger partial charge in [-0.1, -0.05) is 0 Å². The van der Waals surface area contributed by atoms with Crippen molar-refractivity contribution in [2.45, 2.75) is 18.7 Å². The van der Waals surface area contributed by atoms with E-state index in [0.29, 0.717) is 16.6 Å². The molecule has 1 aromatic heterocycles. The third-order valence-electron chi connectivity index (χ3n) is 2.93. The van der Waals surface area contributed by atoms with Crippen molar-refractivity contribution in [3.63, 3.8) is 0 Å². The van der Waals surface area contributed by atoms with E-state index in [-0.39, 0.29) is 10.6 Å². The van der Waals surface area contributed by atoms with Crippen molar-refractivity contribution in [3.8, 4) is 0 Å². The summed E-state index contributed by atoms with van der Waals surface area (Å²) < 4.78 is 49.6. The second-order valence-electron chi connectivity index (χ2n) is 5.17. The molecule has 0 atom stereocenters. The Bertz CT molecular complexity index is 956. The summed E-state index contributed by atoms with van der Waals surface area (Å²) in [6.45, 7) is 2.80. The molecule has 0 fully saturated rings. The molecule has 9 heteroatoms. The molecule has 1 aromatic carbocycles.